The van der Waals surface area contributed by atoms with Crippen LogP contribution < -0.4 is 10.1 Å². The fourth-order valence-corrected chi connectivity index (χ4v) is 10.9. The van der Waals surface area contributed by atoms with Gasteiger partial charge in [-0.15, -0.1) is 11.3 Å². The van der Waals surface area contributed by atoms with Crippen molar-refractivity contribution in [3.05, 3.63) is 66.5 Å². The zero-order chi connectivity index (χ0) is 39.6. The number of benzene rings is 2. The number of carbonyl (C=O) groups excluding carboxylic acids is 2. The molecule has 16 nitrogen and oxygen atoms in total. The summed E-state index contributed by atoms with van der Waals surface area (Å²) in [4.78, 5) is 46.0. The normalized spacial score (nSPS) is 14.5. The van der Waals surface area contributed by atoms with Gasteiger partial charge in [-0.3, -0.25) is 14.2 Å². The number of nitrogens with zero attached hydrogens (tertiary/aromatic N) is 7. The lowest BCUT2D eigenvalue weighted by atomic mass is 10.2. The van der Waals surface area contributed by atoms with E-state index in [1.807, 2.05) is 71.9 Å². The lowest BCUT2D eigenvalue weighted by Crippen LogP contribution is -2.54. The molecule has 1 aliphatic rings. The van der Waals surface area contributed by atoms with Crippen molar-refractivity contribution in [2.75, 3.05) is 37.7 Å². The number of hydrogen-bond acceptors (Lipinski definition) is 14. The minimum atomic E-state index is -4.20. The van der Waals surface area contributed by atoms with Gasteiger partial charge in [-0.2, -0.15) is 18.4 Å². The molecule has 2 aromatic carbocycles. The van der Waals surface area contributed by atoms with Gasteiger partial charge in [0, 0.05) is 13.1 Å². The van der Waals surface area contributed by atoms with Crippen molar-refractivity contribution in [2.24, 2.45) is 0 Å². The number of fused-ring (bicyclic) bond motifs is 2. The quantitative estimate of drug-likeness (QED) is 0.106. The molecule has 5 aromatic rings. The van der Waals surface area contributed by atoms with Gasteiger partial charge in [0.2, 0.25) is 22.1 Å². The third kappa shape index (κ3) is 10.0. The molecule has 3 aromatic heterocycles. The average Bonchev–Trinajstić information content (AvgIpc) is 3.73. The van der Waals surface area contributed by atoms with Crippen LogP contribution in [0.3, 0.4) is 0 Å². The summed E-state index contributed by atoms with van der Waals surface area (Å²) in [7, 11) is -7.67. The third-order valence-corrected chi connectivity index (χ3v) is 13.7. The van der Waals surface area contributed by atoms with Gasteiger partial charge in [-0.1, -0.05) is 42.5 Å². The van der Waals surface area contributed by atoms with Gasteiger partial charge in [0.05, 0.1) is 40.5 Å². The molecular weight excluding hydrogens is 768 g/mol. The number of anilines is 1. The zero-order valence-electron chi connectivity index (χ0n) is 31.6. The average molecular weight is 813 g/mol. The molecule has 0 atom stereocenters. The third-order valence-electron chi connectivity index (χ3n) is 7.99. The van der Waals surface area contributed by atoms with E-state index in [0.717, 1.165) is 21.2 Å². The molecule has 0 radical (unpaired) electrons. The Balaban J connectivity index is 1.17. The molecule has 0 saturated carbocycles. The van der Waals surface area contributed by atoms with Crippen molar-refractivity contribution >= 4 is 68.1 Å². The van der Waals surface area contributed by atoms with Crippen molar-refractivity contribution in [3.8, 4) is 5.88 Å². The monoisotopic (exact) mass is 812 g/mol. The molecular formula is C36H45N8O8PS2. The van der Waals surface area contributed by atoms with Crippen molar-refractivity contribution in [3.63, 3.8) is 0 Å². The van der Waals surface area contributed by atoms with Crippen molar-refractivity contribution in [2.45, 2.75) is 76.7 Å². The van der Waals surface area contributed by atoms with Gasteiger partial charge in [-0.25, -0.2) is 14.3 Å². The minimum Gasteiger partial charge on any atom is -0.471 e. The number of rotatable bonds is 14. The summed E-state index contributed by atoms with van der Waals surface area (Å²) in [5.74, 6) is -0.788. The van der Waals surface area contributed by atoms with Crippen molar-refractivity contribution in [1.29, 1.82) is 0 Å². The number of piperazine rings is 1. The first-order valence-corrected chi connectivity index (χ1v) is 21.7. The second-order valence-electron chi connectivity index (χ2n) is 14.9. The van der Waals surface area contributed by atoms with Crippen LogP contribution in [0.4, 0.5) is 5.95 Å². The number of aromatic nitrogens is 5. The van der Waals surface area contributed by atoms with E-state index >= 15 is 0 Å². The molecule has 1 saturated heterocycles. The minimum absolute atomic E-state index is 0.00370. The van der Waals surface area contributed by atoms with Crippen molar-refractivity contribution in [1.82, 2.24) is 33.7 Å². The fraction of sp³-hybridized carbons (Fsp3) is 0.444. The molecule has 1 N–H and O–H groups in total. The van der Waals surface area contributed by atoms with Gasteiger partial charge >= 0.3 is 7.60 Å². The first-order chi connectivity index (χ1) is 25.9. The smallest absolute Gasteiger partial charge is 0.331 e. The summed E-state index contributed by atoms with van der Waals surface area (Å²) in [6.45, 7) is 10.6. The van der Waals surface area contributed by atoms with Crippen molar-refractivity contribution < 1.29 is 36.4 Å². The Morgan fingerprint density at radius 1 is 0.945 bits per heavy atom. The van der Waals surface area contributed by atoms with E-state index in [1.54, 1.807) is 24.3 Å². The zero-order valence-corrected chi connectivity index (χ0v) is 34.1. The number of imidazole rings is 1. The van der Waals surface area contributed by atoms with Gasteiger partial charge in [0.15, 0.2) is 11.2 Å². The highest BCUT2D eigenvalue weighted by molar-refractivity contribution is 7.91. The lowest BCUT2D eigenvalue weighted by Gasteiger charge is -2.33. The second kappa shape index (κ2) is 15.9. The summed E-state index contributed by atoms with van der Waals surface area (Å²) >= 11 is 0.991. The molecule has 0 spiro atoms. The fourth-order valence-electron chi connectivity index (χ4n) is 5.78. The predicted molar refractivity (Wildman–Crippen MR) is 208 cm³/mol. The number of amides is 2. The van der Waals surface area contributed by atoms with E-state index in [1.165, 1.54) is 15.8 Å². The molecule has 4 heterocycles. The van der Waals surface area contributed by atoms with E-state index in [0.29, 0.717) is 34.3 Å². The SMILES string of the molecule is CC(C)(C)OP(=O)(CCCNc1nc(OCc2ccccc2)c2ncn(CC(=O)N3CCN(S(=O)(=O)c4nc5ccccc5s4)C(=O)C3)c2n1)OC(C)(C)C. The Labute approximate surface area is 323 Å². The molecule has 55 heavy (non-hydrogen) atoms. The molecule has 1 aliphatic heterocycles. The number of ether oxygens (including phenoxy) is 1. The van der Waals surface area contributed by atoms with Crippen LogP contribution in [-0.2, 0) is 46.4 Å². The van der Waals surface area contributed by atoms with Crippen LogP contribution in [0.1, 0.15) is 53.5 Å². The van der Waals surface area contributed by atoms with Gasteiger partial charge in [-0.05, 0) is 65.7 Å². The van der Waals surface area contributed by atoms with E-state index in [9.17, 15) is 22.6 Å². The molecule has 1 fully saturated rings. The highest BCUT2D eigenvalue weighted by Crippen LogP contribution is 2.54. The Morgan fingerprint density at radius 2 is 1.64 bits per heavy atom. The van der Waals surface area contributed by atoms with Crippen LogP contribution in [0, 0.1) is 0 Å². The maximum Gasteiger partial charge on any atom is 0.331 e. The molecule has 0 unspecified atom stereocenters. The summed E-state index contributed by atoms with van der Waals surface area (Å²) in [6, 6.07) is 16.5. The standard InChI is InChI=1S/C36H45N8O8PS2/c1-35(2,3)51-53(47,52-36(4,5)6)20-12-17-37-33-40-31-30(32(41-33)50-23-25-13-8-7-9-14-25)38-24-43(31)21-28(45)42-18-19-44(29(46)22-42)55(48,49)34-39-26-15-10-11-16-27(26)54-34/h7-11,13-16,24H,12,17-23H2,1-6H3,(H,37,40,41). The summed E-state index contributed by atoms with van der Waals surface area (Å²) in [5, 5.41) is 3.17. The Morgan fingerprint density at radius 3 is 2.31 bits per heavy atom. The van der Waals surface area contributed by atoms with E-state index in [2.05, 4.69) is 25.3 Å². The number of sulfonamides is 1. The molecule has 0 bridgehead atoms. The maximum atomic E-state index is 13.7. The Hall–Kier alpha value is -4.48. The predicted octanol–water partition coefficient (Wildman–Crippen LogP) is 5.70. The van der Waals surface area contributed by atoms with E-state index < -0.39 is 47.2 Å². The first kappa shape index (κ1) is 40.2. The van der Waals surface area contributed by atoms with E-state index in [-0.39, 0.29) is 48.6 Å². The van der Waals surface area contributed by atoms with Gasteiger partial charge < -0.3 is 28.6 Å². The Kier molecular flexibility index (Phi) is 11.6. The van der Waals surface area contributed by atoms with Gasteiger partial charge in [0.25, 0.3) is 15.9 Å². The van der Waals surface area contributed by atoms with Crippen LogP contribution >= 0.6 is 18.9 Å². The summed E-state index contributed by atoms with van der Waals surface area (Å²) in [5.41, 5.74) is 0.685. The topological polar surface area (TPSA) is 188 Å². The van der Waals surface area contributed by atoms with Crippen LogP contribution in [0.15, 0.2) is 65.3 Å². The van der Waals surface area contributed by atoms with Crippen LogP contribution in [0.2, 0.25) is 0 Å². The van der Waals surface area contributed by atoms with Crippen LogP contribution in [-0.4, -0.2) is 97.5 Å². The van der Waals surface area contributed by atoms with Gasteiger partial charge in [0.1, 0.15) is 19.7 Å². The molecule has 19 heteroatoms. The number of carbonyl (C=O) groups is 2. The Bertz CT molecular complexity index is 2290. The molecule has 6 rings (SSSR count). The highest BCUT2D eigenvalue weighted by Gasteiger charge is 2.38. The molecule has 0 aliphatic carbocycles. The molecule has 294 valence electrons. The lowest BCUT2D eigenvalue weighted by molar-refractivity contribution is -0.142. The summed E-state index contributed by atoms with van der Waals surface area (Å²) < 4.78 is 61.2. The number of nitrogens with one attached hydrogen (secondary N) is 1. The van der Waals surface area contributed by atoms with E-state index in [4.69, 9.17) is 13.8 Å². The number of para-hydroxylation sites is 1. The highest BCUT2D eigenvalue weighted by atomic mass is 32.2. The first-order valence-electron chi connectivity index (χ1n) is 17.7. The summed E-state index contributed by atoms with van der Waals surface area (Å²) in [6.07, 6.45) is 1.99. The largest absolute Gasteiger partial charge is 0.471 e. The van der Waals surface area contributed by atoms with Crippen LogP contribution in [0.25, 0.3) is 21.4 Å². The maximum absolute atomic E-state index is 13.7. The second-order valence-corrected chi connectivity index (χ2v) is 20.0. The number of hydrogen-bond donors (Lipinski definition) is 1. The number of thiazole rings is 1. The molecule has 2 amide bonds. The van der Waals surface area contributed by atoms with Crippen LogP contribution in [0.5, 0.6) is 5.88 Å².